The van der Waals surface area contributed by atoms with Gasteiger partial charge in [0.15, 0.2) is 5.60 Å². The molecule has 0 aromatic heterocycles. The maximum absolute atomic E-state index is 13.2. The van der Waals surface area contributed by atoms with E-state index in [0.717, 1.165) is 0 Å². The first-order valence-corrected chi connectivity index (χ1v) is 10.6. The van der Waals surface area contributed by atoms with Crippen molar-refractivity contribution in [2.75, 3.05) is 12.1 Å². The standard InChI is InChI=1S/C26H23N3O5/c1-18-26(32,25(31)29(27-18)21-11-7-4-8-12-21)17-23(19-9-5-3-6-10-19)28-34-24(30)20-13-15-22(33-2)16-14-20/h3-16,32H,17H2,1-2H3/b28-23-. The largest absolute Gasteiger partial charge is 0.497 e. The first-order valence-electron chi connectivity index (χ1n) is 10.6. The third kappa shape index (κ3) is 4.57. The van der Waals surface area contributed by atoms with Crippen LogP contribution in [0.1, 0.15) is 29.3 Å². The molecule has 8 heteroatoms. The summed E-state index contributed by atoms with van der Waals surface area (Å²) in [5.74, 6) is -0.692. The quantitative estimate of drug-likeness (QED) is 0.330. The number of benzene rings is 3. The maximum Gasteiger partial charge on any atom is 0.365 e. The first kappa shape index (κ1) is 22.9. The summed E-state index contributed by atoms with van der Waals surface area (Å²) in [7, 11) is 1.53. The van der Waals surface area contributed by atoms with E-state index in [9.17, 15) is 14.7 Å². The van der Waals surface area contributed by atoms with E-state index in [0.29, 0.717) is 17.0 Å². The van der Waals surface area contributed by atoms with Gasteiger partial charge >= 0.3 is 5.97 Å². The number of rotatable bonds is 7. The summed E-state index contributed by atoms with van der Waals surface area (Å²) >= 11 is 0. The van der Waals surface area contributed by atoms with Gasteiger partial charge in [-0.15, -0.1) is 0 Å². The number of anilines is 1. The first-order chi connectivity index (χ1) is 16.4. The molecule has 0 bridgehead atoms. The van der Waals surface area contributed by atoms with Crippen LogP contribution in [0.15, 0.2) is 95.2 Å². The van der Waals surface area contributed by atoms with Gasteiger partial charge in [0, 0.05) is 6.42 Å². The van der Waals surface area contributed by atoms with E-state index in [-0.39, 0.29) is 23.4 Å². The Balaban J connectivity index is 1.61. The number of nitrogens with zero attached hydrogens (tertiary/aromatic N) is 3. The molecule has 0 radical (unpaired) electrons. The SMILES string of the molecule is COc1ccc(C(=O)O/N=C(/CC2(O)C(=O)N(c3ccccc3)N=C2C)c2ccccc2)cc1. The Morgan fingerprint density at radius 1 is 0.971 bits per heavy atom. The molecule has 1 aliphatic heterocycles. The fourth-order valence-electron chi connectivity index (χ4n) is 3.49. The van der Waals surface area contributed by atoms with Crippen LogP contribution in [-0.2, 0) is 9.63 Å². The van der Waals surface area contributed by atoms with Gasteiger partial charge in [-0.1, -0.05) is 53.7 Å². The van der Waals surface area contributed by atoms with Crippen molar-refractivity contribution < 1.29 is 24.3 Å². The van der Waals surface area contributed by atoms with Gasteiger partial charge in [0.05, 0.1) is 29.8 Å². The molecule has 1 N–H and O–H groups in total. The van der Waals surface area contributed by atoms with Crippen molar-refractivity contribution in [3.63, 3.8) is 0 Å². The van der Waals surface area contributed by atoms with Crippen LogP contribution in [0.5, 0.6) is 5.75 Å². The lowest BCUT2D eigenvalue weighted by Gasteiger charge is -2.23. The fourth-order valence-corrected chi connectivity index (χ4v) is 3.49. The molecule has 1 aliphatic rings. The minimum atomic E-state index is -1.95. The second kappa shape index (κ2) is 9.68. The van der Waals surface area contributed by atoms with Crippen LogP contribution in [0.3, 0.4) is 0 Å². The van der Waals surface area contributed by atoms with Crippen molar-refractivity contribution >= 4 is 29.0 Å². The number of para-hydroxylation sites is 1. The Hall–Kier alpha value is -4.30. The Morgan fingerprint density at radius 2 is 1.59 bits per heavy atom. The number of ether oxygens (including phenoxy) is 1. The summed E-state index contributed by atoms with van der Waals surface area (Å²) in [5.41, 5.74) is -0.101. The van der Waals surface area contributed by atoms with Gasteiger partial charge < -0.3 is 14.7 Å². The van der Waals surface area contributed by atoms with E-state index in [2.05, 4.69) is 10.3 Å². The predicted octanol–water partition coefficient (Wildman–Crippen LogP) is 3.80. The van der Waals surface area contributed by atoms with Crippen LogP contribution in [-0.4, -0.2) is 41.1 Å². The third-order valence-electron chi connectivity index (χ3n) is 5.49. The lowest BCUT2D eigenvalue weighted by Crippen LogP contribution is -2.47. The van der Waals surface area contributed by atoms with Gasteiger partial charge in [-0.2, -0.15) is 10.1 Å². The number of hydrogen-bond acceptors (Lipinski definition) is 7. The molecular weight excluding hydrogens is 434 g/mol. The van der Waals surface area contributed by atoms with Crippen molar-refractivity contribution in [2.24, 2.45) is 10.3 Å². The van der Waals surface area contributed by atoms with Crippen LogP contribution in [0, 0.1) is 0 Å². The summed E-state index contributed by atoms with van der Waals surface area (Å²) in [6.07, 6.45) is -0.232. The molecule has 1 unspecified atom stereocenters. The number of amides is 1. The number of methoxy groups -OCH3 is 1. The van der Waals surface area contributed by atoms with Gasteiger partial charge in [-0.25, -0.2) is 4.79 Å². The third-order valence-corrected chi connectivity index (χ3v) is 5.49. The average Bonchev–Trinajstić information content (AvgIpc) is 3.11. The maximum atomic E-state index is 13.2. The molecule has 172 valence electrons. The molecule has 3 aromatic carbocycles. The average molecular weight is 457 g/mol. The molecule has 1 heterocycles. The van der Waals surface area contributed by atoms with E-state index in [1.165, 1.54) is 12.1 Å². The second-order valence-electron chi connectivity index (χ2n) is 7.69. The van der Waals surface area contributed by atoms with E-state index < -0.39 is 17.5 Å². The van der Waals surface area contributed by atoms with E-state index in [4.69, 9.17) is 9.57 Å². The lowest BCUT2D eigenvalue weighted by molar-refractivity contribution is -0.129. The molecule has 34 heavy (non-hydrogen) atoms. The van der Waals surface area contributed by atoms with Crippen LogP contribution < -0.4 is 9.75 Å². The normalized spacial score (nSPS) is 18.0. The molecule has 1 atom stereocenters. The Morgan fingerprint density at radius 3 is 2.21 bits per heavy atom. The Bertz CT molecular complexity index is 1240. The summed E-state index contributed by atoms with van der Waals surface area (Å²) in [6, 6.07) is 24.1. The molecule has 3 aromatic rings. The summed E-state index contributed by atoms with van der Waals surface area (Å²) in [5, 5.41) is 20.9. The number of hydrazone groups is 1. The minimum absolute atomic E-state index is 0.214. The van der Waals surface area contributed by atoms with Gasteiger partial charge in [0.1, 0.15) is 5.75 Å². The number of carbonyl (C=O) groups is 2. The zero-order valence-electron chi connectivity index (χ0n) is 18.7. The highest BCUT2D eigenvalue weighted by molar-refractivity contribution is 6.24. The van der Waals surface area contributed by atoms with Gasteiger partial charge in [-0.3, -0.25) is 4.79 Å². The van der Waals surface area contributed by atoms with Crippen LogP contribution in [0.2, 0.25) is 0 Å². The lowest BCUT2D eigenvalue weighted by atomic mass is 9.89. The summed E-state index contributed by atoms with van der Waals surface area (Å²) in [4.78, 5) is 30.9. The highest BCUT2D eigenvalue weighted by Gasteiger charge is 2.49. The molecule has 0 saturated heterocycles. The zero-order valence-corrected chi connectivity index (χ0v) is 18.7. The summed E-state index contributed by atoms with van der Waals surface area (Å²) < 4.78 is 5.10. The highest BCUT2D eigenvalue weighted by atomic mass is 16.7. The molecule has 1 amide bonds. The molecule has 0 aliphatic carbocycles. The smallest absolute Gasteiger partial charge is 0.365 e. The monoisotopic (exact) mass is 457 g/mol. The molecule has 8 nitrogen and oxygen atoms in total. The van der Waals surface area contributed by atoms with Crippen LogP contribution in [0.25, 0.3) is 0 Å². The van der Waals surface area contributed by atoms with Crippen LogP contribution in [0.4, 0.5) is 5.69 Å². The van der Waals surface area contributed by atoms with Crippen molar-refractivity contribution in [3.05, 3.63) is 96.1 Å². The highest BCUT2D eigenvalue weighted by Crippen LogP contribution is 2.30. The second-order valence-corrected chi connectivity index (χ2v) is 7.69. The molecule has 0 spiro atoms. The van der Waals surface area contributed by atoms with E-state index >= 15 is 0 Å². The molecule has 0 saturated carbocycles. The molecule has 0 fully saturated rings. The van der Waals surface area contributed by atoms with Gasteiger partial charge in [0.2, 0.25) is 0 Å². The van der Waals surface area contributed by atoms with Crippen molar-refractivity contribution in [1.29, 1.82) is 0 Å². The molecular formula is C26H23N3O5. The summed E-state index contributed by atoms with van der Waals surface area (Å²) in [6.45, 7) is 1.58. The van der Waals surface area contributed by atoms with Gasteiger partial charge in [-0.05, 0) is 48.9 Å². The zero-order chi connectivity index (χ0) is 24.1. The minimum Gasteiger partial charge on any atom is -0.497 e. The van der Waals surface area contributed by atoms with Crippen LogP contribution >= 0.6 is 0 Å². The van der Waals surface area contributed by atoms with E-state index in [1.54, 1.807) is 79.7 Å². The Labute approximate surface area is 196 Å². The Kier molecular flexibility index (Phi) is 6.51. The topological polar surface area (TPSA) is 101 Å². The number of aliphatic hydroxyl groups is 1. The number of carbonyl (C=O) groups excluding carboxylic acids is 2. The number of oxime groups is 1. The molecule has 4 rings (SSSR count). The van der Waals surface area contributed by atoms with Crippen molar-refractivity contribution in [3.8, 4) is 5.75 Å². The van der Waals surface area contributed by atoms with Gasteiger partial charge in [0.25, 0.3) is 5.91 Å². The van der Waals surface area contributed by atoms with E-state index in [1.807, 2.05) is 12.1 Å². The van der Waals surface area contributed by atoms with Crippen molar-refractivity contribution in [1.82, 2.24) is 0 Å². The predicted molar refractivity (Wildman–Crippen MR) is 128 cm³/mol. The number of hydrogen-bond donors (Lipinski definition) is 1. The fraction of sp³-hybridized carbons (Fsp3) is 0.154. The van der Waals surface area contributed by atoms with Crippen molar-refractivity contribution in [2.45, 2.75) is 18.9 Å².